The summed E-state index contributed by atoms with van der Waals surface area (Å²) in [5, 5.41) is 0. The van der Waals surface area contributed by atoms with E-state index >= 15 is 0 Å². The second-order valence-corrected chi connectivity index (χ2v) is 5.40. The maximum Gasteiger partial charge on any atom is 0.419 e. The lowest BCUT2D eigenvalue weighted by Gasteiger charge is -2.23. The third kappa shape index (κ3) is 2.81. The van der Waals surface area contributed by atoms with E-state index in [1.807, 2.05) is 0 Å². The van der Waals surface area contributed by atoms with Crippen LogP contribution in [-0.2, 0) is 26.1 Å². The van der Waals surface area contributed by atoms with E-state index in [1.54, 1.807) is 43.6 Å². The summed E-state index contributed by atoms with van der Waals surface area (Å²) in [6.45, 7) is 0. The van der Waals surface area contributed by atoms with Gasteiger partial charge in [0.2, 0.25) is 0 Å². The van der Waals surface area contributed by atoms with E-state index in [1.165, 1.54) is 29.8 Å². The number of fused-ring (bicyclic) bond motifs is 1. The van der Waals surface area contributed by atoms with Crippen LogP contribution in [0.15, 0.2) is 63.1 Å². The third-order valence-electron chi connectivity index (χ3n) is 3.94. The topological polar surface area (TPSA) is 91.0 Å². The average Bonchev–Trinajstić information content (AvgIpc) is 2.83. The van der Waals surface area contributed by atoms with Crippen molar-refractivity contribution in [1.82, 2.24) is 4.57 Å². The monoisotopic (exact) mass is 356 g/mol. The van der Waals surface area contributed by atoms with E-state index in [0.717, 1.165) is 0 Å². The number of hydrogen-bond acceptors (Lipinski definition) is 7. The average molecular weight is 356 g/mol. The number of aromatic nitrogens is 1. The number of rotatable bonds is 3. The lowest BCUT2D eigenvalue weighted by Crippen LogP contribution is -2.27. The maximum atomic E-state index is 12.4. The Kier molecular flexibility index (Phi) is 4.49. The molecule has 1 aromatic carbocycles. The molecule has 2 aromatic rings. The van der Waals surface area contributed by atoms with Crippen molar-refractivity contribution in [3.8, 4) is 0 Å². The first-order chi connectivity index (χ1) is 12.5. The fourth-order valence-electron chi connectivity index (χ4n) is 2.63. The van der Waals surface area contributed by atoms with Gasteiger partial charge in [0, 0.05) is 18.9 Å². The number of allylic oxidation sites excluding steroid dienone is 2. The molecule has 0 radical (unpaired) electrons. The van der Waals surface area contributed by atoms with Crippen LogP contribution in [-0.4, -0.2) is 30.7 Å². The minimum Gasteiger partial charge on any atom is -0.465 e. The fourth-order valence-corrected chi connectivity index (χ4v) is 2.63. The summed E-state index contributed by atoms with van der Waals surface area (Å²) in [6.07, 6.45) is 6.36. The summed E-state index contributed by atoms with van der Waals surface area (Å²) >= 11 is 0. The molecule has 8 heteroatoms. The quantitative estimate of drug-likeness (QED) is 0.772. The second kappa shape index (κ2) is 6.75. The first-order valence-corrected chi connectivity index (χ1v) is 7.62. The SMILES string of the molecule is COC(=O)C1=C(C(=O)OC)N(c2ccc3oc(=O)n(C)c3c2)C=CC=C1. The number of aryl methyl sites for hydroxylation is 1. The molecule has 3 rings (SSSR count). The fraction of sp³-hybridized carbons (Fsp3) is 0.167. The molecule has 0 spiro atoms. The molecular weight excluding hydrogens is 340 g/mol. The van der Waals surface area contributed by atoms with Gasteiger partial charge in [-0.05, 0) is 30.4 Å². The molecule has 0 atom stereocenters. The number of benzene rings is 1. The Morgan fingerprint density at radius 2 is 1.81 bits per heavy atom. The van der Waals surface area contributed by atoms with Crippen molar-refractivity contribution in [3.63, 3.8) is 0 Å². The standard InChI is InChI=1S/C18H16N2O6/c1-19-13-10-11(7-8-14(13)26-18(19)23)20-9-5-4-6-12(16(21)24-2)15(20)17(22)25-3/h4-10H,1-3H3. The van der Waals surface area contributed by atoms with Crippen molar-refractivity contribution >= 4 is 28.7 Å². The molecule has 0 bridgehead atoms. The summed E-state index contributed by atoms with van der Waals surface area (Å²) in [4.78, 5) is 37.7. The van der Waals surface area contributed by atoms with Crippen molar-refractivity contribution in [2.75, 3.05) is 19.1 Å². The zero-order valence-corrected chi connectivity index (χ0v) is 14.4. The Morgan fingerprint density at radius 1 is 1.08 bits per heavy atom. The van der Waals surface area contributed by atoms with Crippen LogP contribution in [0.3, 0.4) is 0 Å². The number of carbonyl (C=O) groups excluding carboxylic acids is 2. The van der Waals surface area contributed by atoms with Crippen LogP contribution in [0, 0.1) is 0 Å². The predicted octanol–water partition coefficient (Wildman–Crippen LogP) is 1.62. The Hall–Kier alpha value is -3.55. The van der Waals surface area contributed by atoms with E-state index in [4.69, 9.17) is 13.9 Å². The highest BCUT2D eigenvalue weighted by Crippen LogP contribution is 2.28. The maximum absolute atomic E-state index is 12.4. The Labute approximate surface area is 148 Å². The Morgan fingerprint density at radius 3 is 2.50 bits per heavy atom. The van der Waals surface area contributed by atoms with Crippen molar-refractivity contribution in [1.29, 1.82) is 0 Å². The van der Waals surface area contributed by atoms with E-state index in [-0.39, 0.29) is 11.3 Å². The molecule has 0 N–H and O–H groups in total. The molecule has 1 aliphatic rings. The highest BCUT2D eigenvalue weighted by Gasteiger charge is 2.27. The number of hydrogen-bond donors (Lipinski definition) is 0. The van der Waals surface area contributed by atoms with Gasteiger partial charge in [-0.15, -0.1) is 0 Å². The molecule has 26 heavy (non-hydrogen) atoms. The molecule has 0 amide bonds. The minimum absolute atomic E-state index is 0.00260. The predicted molar refractivity (Wildman–Crippen MR) is 93.3 cm³/mol. The summed E-state index contributed by atoms with van der Waals surface area (Å²) in [7, 11) is 4.03. The highest BCUT2D eigenvalue weighted by molar-refractivity contribution is 6.05. The van der Waals surface area contributed by atoms with Crippen LogP contribution in [0.1, 0.15) is 0 Å². The number of esters is 2. The first kappa shape index (κ1) is 17.3. The van der Waals surface area contributed by atoms with Crippen LogP contribution >= 0.6 is 0 Å². The molecule has 8 nitrogen and oxygen atoms in total. The van der Waals surface area contributed by atoms with Gasteiger partial charge >= 0.3 is 17.7 Å². The van der Waals surface area contributed by atoms with E-state index in [2.05, 4.69) is 0 Å². The molecule has 0 fully saturated rings. The molecule has 134 valence electrons. The smallest absolute Gasteiger partial charge is 0.419 e. The first-order valence-electron chi connectivity index (χ1n) is 7.62. The number of oxazole rings is 1. The van der Waals surface area contributed by atoms with E-state index in [0.29, 0.717) is 16.8 Å². The number of anilines is 1. The molecular formula is C18H16N2O6. The number of ether oxygens (including phenoxy) is 2. The van der Waals surface area contributed by atoms with Gasteiger partial charge in [-0.25, -0.2) is 14.4 Å². The highest BCUT2D eigenvalue weighted by atomic mass is 16.5. The van der Waals surface area contributed by atoms with E-state index in [9.17, 15) is 14.4 Å². The van der Waals surface area contributed by atoms with Gasteiger partial charge in [0.25, 0.3) is 0 Å². The van der Waals surface area contributed by atoms with Crippen LogP contribution in [0.5, 0.6) is 0 Å². The number of carbonyl (C=O) groups is 2. The van der Waals surface area contributed by atoms with Crippen LogP contribution in [0.2, 0.25) is 0 Å². The van der Waals surface area contributed by atoms with Gasteiger partial charge in [0.05, 0.1) is 25.3 Å². The van der Waals surface area contributed by atoms with Crippen LogP contribution < -0.4 is 10.7 Å². The van der Waals surface area contributed by atoms with Crippen LogP contribution in [0.25, 0.3) is 11.1 Å². The van der Waals surface area contributed by atoms with Gasteiger partial charge in [0.15, 0.2) is 5.58 Å². The van der Waals surface area contributed by atoms with Gasteiger partial charge in [-0.1, -0.05) is 6.08 Å². The van der Waals surface area contributed by atoms with E-state index < -0.39 is 17.7 Å². The van der Waals surface area contributed by atoms with Gasteiger partial charge in [0.1, 0.15) is 5.70 Å². The summed E-state index contributed by atoms with van der Waals surface area (Å²) in [5.74, 6) is -1.88. The number of nitrogens with zero attached hydrogens (tertiary/aromatic N) is 2. The molecule has 0 aliphatic carbocycles. The Bertz CT molecular complexity index is 1040. The second-order valence-electron chi connectivity index (χ2n) is 5.40. The zero-order valence-electron chi connectivity index (χ0n) is 14.4. The lowest BCUT2D eigenvalue weighted by molar-refractivity contribution is -0.139. The van der Waals surface area contributed by atoms with Gasteiger partial charge in [-0.2, -0.15) is 0 Å². The molecule has 1 aromatic heterocycles. The summed E-state index contributed by atoms with van der Waals surface area (Å²) in [6, 6.07) is 4.96. The van der Waals surface area contributed by atoms with Gasteiger partial charge < -0.3 is 18.8 Å². The van der Waals surface area contributed by atoms with Crippen molar-refractivity contribution < 1.29 is 23.5 Å². The Balaban J connectivity index is 2.23. The third-order valence-corrected chi connectivity index (χ3v) is 3.94. The summed E-state index contributed by atoms with van der Waals surface area (Å²) < 4.78 is 16.1. The van der Waals surface area contributed by atoms with Crippen molar-refractivity contribution in [2.45, 2.75) is 0 Å². The number of methoxy groups -OCH3 is 2. The van der Waals surface area contributed by atoms with Gasteiger partial charge in [-0.3, -0.25) is 4.57 Å². The molecule has 2 heterocycles. The molecule has 0 unspecified atom stereocenters. The molecule has 1 aliphatic heterocycles. The normalized spacial score (nSPS) is 13.9. The molecule has 0 saturated carbocycles. The largest absolute Gasteiger partial charge is 0.465 e. The van der Waals surface area contributed by atoms with Crippen LogP contribution in [0.4, 0.5) is 5.69 Å². The minimum atomic E-state index is -0.706. The zero-order chi connectivity index (χ0) is 18.8. The summed E-state index contributed by atoms with van der Waals surface area (Å²) in [5.41, 5.74) is 1.54. The lowest BCUT2D eigenvalue weighted by atomic mass is 10.1. The van der Waals surface area contributed by atoms with Crippen molar-refractivity contribution in [3.05, 3.63) is 64.4 Å². The molecule has 0 saturated heterocycles. The van der Waals surface area contributed by atoms with Crippen molar-refractivity contribution in [2.24, 2.45) is 7.05 Å².